The minimum absolute atomic E-state index is 0.111. The maximum atomic E-state index is 10.6. The van der Waals surface area contributed by atoms with Crippen LogP contribution in [0.15, 0.2) is 16.6 Å². The third-order valence-electron chi connectivity index (χ3n) is 1.76. The van der Waals surface area contributed by atoms with Crippen molar-refractivity contribution < 1.29 is 14.7 Å². The molecule has 0 aliphatic carbocycles. The number of aldehydes is 1. The molecule has 0 spiro atoms. The molecular weight excluding hydrogens is 236 g/mol. The molecule has 0 saturated heterocycles. The fraction of sp³-hybridized carbons (Fsp3) is 0.111. The topological polar surface area (TPSA) is 54.4 Å². The summed E-state index contributed by atoms with van der Waals surface area (Å²) in [5.41, 5.74) is 1.26. The van der Waals surface area contributed by atoms with E-state index < -0.39 is 5.97 Å². The summed E-state index contributed by atoms with van der Waals surface area (Å²) >= 11 is 3.18. The largest absolute Gasteiger partial charge is 0.478 e. The molecular formula is C9H7BrO3. The lowest BCUT2D eigenvalue weighted by Crippen LogP contribution is -1.99. The fourth-order valence-electron chi connectivity index (χ4n) is 0.946. The molecule has 0 radical (unpaired) electrons. The first-order valence-electron chi connectivity index (χ1n) is 3.55. The van der Waals surface area contributed by atoms with Crippen molar-refractivity contribution in [3.8, 4) is 0 Å². The molecule has 0 aromatic heterocycles. The summed E-state index contributed by atoms with van der Waals surface area (Å²) in [5, 5.41) is 8.68. The monoisotopic (exact) mass is 242 g/mol. The van der Waals surface area contributed by atoms with Gasteiger partial charge in [-0.25, -0.2) is 4.79 Å². The molecule has 0 aliphatic rings. The number of hydrogen-bond acceptors (Lipinski definition) is 2. The first-order chi connectivity index (χ1) is 6.06. The van der Waals surface area contributed by atoms with Crippen molar-refractivity contribution in [1.82, 2.24) is 0 Å². The van der Waals surface area contributed by atoms with Gasteiger partial charge in [0, 0.05) is 10.0 Å². The van der Waals surface area contributed by atoms with Gasteiger partial charge in [0.05, 0.1) is 5.56 Å². The van der Waals surface area contributed by atoms with Crippen molar-refractivity contribution in [2.45, 2.75) is 6.92 Å². The number of carbonyl (C=O) groups excluding carboxylic acids is 1. The van der Waals surface area contributed by atoms with Crippen molar-refractivity contribution in [1.29, 1.82) is 0 Å². The van der Waals surface area contributed by atoms with E-state index in [1.54, 1.807) is 6.92 Å². The number of hydrogen-bond donors (Lipinski definition) is 1. The Kier molecular flexibility index (Phi) is 2.83. The third-order valence-corrected chi connectivity index (χ3v) is 2.58. The summed E-state index contributed by atoms with van der Waals surface area (Å²) < 4.78 is 0.634. The number of carboxylic acid groups (broad SMARTS) is 1. The highest BCUT2D eigenvalue weighted by Crippen LogP contribution is 2.21. The van der Waals surface area contributed by atoms with E-state index in [1.807, 2.05) is 0 Å². The predicted octanol–water partition coefficient (Wildman–Crippen LogP) is 2.27. The zero-order valence-corrected chi connectivity index (χ0v) is 8.46. The smallest absolute Gasteiger partial charge is 0.335 e. The molecule has 0 unspecified atom stereocenters. The normalized spacial score (nSPS) is 9.69. The number of aromatic carboxylic acids is 1. The summed E-state index contributed by atoms with van der Waals surface area (Å²) in [7, 11) is 0. The van der Waals surface area contributed by atoms with Gasteiger partial charge in [0.15, 0.2) is 0 Å². The molecule has 4 heteroatoms. The van der Waals surface area contributed by atoms with Crippen molar-refractivity contribution in [3.63, 3.8) is 0 Å². The van der Waals surface area contributed by atoms with Crippen LogP contribution in [0.5, 0.6) is 0 Å². The van der Waals surface area contributed by atoms with Gasteiger partial charge in [0.1, 0.15) is 6.29 Å². The quantitative estimate of drug-likeness (QED) is 0.810. The number of carbonyl (C=O) groups is 2. The molecule has 1 rings (SSSR count). The van der Waals surface area contributed by atoms with Gasteiger partial charge in [0.25, 0.3) is 0 Å². The molecule has 0 bridgehead atoms. The Morgan fingerprint density at radius 1 is 1.54 bits per heavy atom. The van der Waals surface area contributed by atoms with Gasteiger partial charge in [-0.3, -0.25) is 4.79 Å². The summed E-state index contributed by atoms with van der Waals surface area (Å²) in [6.07, 6.45) is 0.645. The van der Waals surface area contributed by atoms with Crippen molar-refractivity contribution in [3.05, 3.63) is 33.3 Å². The van der Waals surface area contributed by atoms with Crippen LogP contribution in [0, 0.1) is 6.92 Å². The molecule has 1 N–H and O–H groups in total. The number of rotatable bonds is 2. The standard InChI is InChI=1S/C9H7BrO3/c1-5-7(4-11)2-6(9(12)13)3-8(5)10/h2-4H,1H3,(H,12,13). The summed E-state index contributed by atoms with van der Waals surface area (Å²) in [6.45, 7) is 1.75. The van der Waals surface area contributed by atoms with Crippen LogP contribution in [0.1, 0.15) is 26.3 Å². The van der Waals surface area contributed by atoms with Crippen molar-refractivity contribution >= 4 is 28.2 Å². The van der Waals surface area contributed by atoms with Gasteiger partial charge in [-0.2, -0.15) is 0 Å². The second kappa shape index (κ2) is 3.70. The molecule has 0 saturated carbocycles. The Morgan fingerprint density at radius 2 is 2.15 bits per heavy atom. The second-order valence-electron chi connectivity index (χ2n) is 2.60. The molecule has 0 amide bonds. The molecule has 0 fully saturated rings. The molecule has 0 aliphatic heterocycles. The molecule has 68 valence electrons. The first-order valence-corrected chi connectivity index (χ1v) is 4.34. The molecule has 3 nitrogen and oxygen atoms in total. The van der Waals surface area contributed by atoms with E-state index in [1.165, 1.54) is 12.1 Å². The minimum Gasteiger partial charge on any atom is -0.478 e. The van der Waals surface area contributed by atoms with Gasteiger partial charge < -0.3 is 5.11 Å². The fourth-order valence-corrected chi connectivity index (χ4v) is 1.42. The number of carboxylic acids is 1. The summed E-state index contributed by atoms with van der Waals surface area (Å²) in [5.74, 6) is -1.04. The van der Waals surface area contributed by atoms with Crippen LogP contribution >= 0.6 is 15.9 Å². The Morgan fingerprint density at radius 3 is 2.62 bits per heavy atom. The van der Waals surface area contributed by atoms with E-state index in [9.17, 15) is 9.59 Å². The van der Waals surface area contributed by atoms with E-state index in [0.29, 0.717) is 16.3 Å². The molecule has 1 aromatic carbocycles. The molecule has 1 aromatic rings. The zero-order chi connectivity index (χ0) is 10.0. The summed E-state index contributed by atoms with van der Waals surface area (Å²) in [4.78, 5) is 21.1. The van der Waals surface area contributed by atoms with Crippen LogP contribution in [-0.2, 0) is 0 Å². The second-order valence-corrected chi connectivity index (χ2v) is 3.45. The van der Waals surface area contributed by atoms with Gasteiger partial charge in [0.2, 0.25) is 0 Å². The highest BCUT2D eigenvalue weighted by Gasteiger charge is 2.08. The van der Waals surface area contributed by atoms with Gasteiger partial charge in [-0.1, -0.05) is 15.9 Å². The Bertz CT molecular complexity index is 371. The lowest BCUT2D eigenvalue weighted by atomic mass is 10.1. The van der Waals surface area contributed by atoms with Crippen LogP contribution in [0.4, 0.5) is 0 Å². The van der Waals surface area contributed by atoms with E-state index in [0.717, 1.165) is 5.56 Å². The Hall–Kier alpha value is -1.16. The van der Waals surface area contributed by atoms with Gasteiger partial charge in [-0.15, -0.1) is 0 Å². The van der Waals surface area contributed by atoms with E-state index in [2.05, 4.69) is 15.9 Å². The Labute approximate surface area is 83.5 Å². The Balaban J connectivity index is 3.38. The van der Waals surface area contributed by atoms with Crippen LogP contribution in [0.3, 0.4) is 0 Å². The predicted molar refractivity (Wildman–Crippen MR) is 51.2 cm³/mol. The third kappa shape index (κ3) is 1.95. The highest BCUT2D eigenvalue weighted by molar-refractivity contribution is 9.10. The SMILES string of the molecule is Cc1c(Br)cc(C(=O)O)cc1C=O. The zero-order valence-electron chi connectivity index (χ0n) is 6.87. The van der Waals surface area contributed by atoms with Crippen LogP contribution in [0.2, 0.25) is 0 Å². The van der Waals surface area contributed by atoms with Gasteiger partial charge >= 0.3 is 5.97 Å². The lowest BCUT2D eigenvalue weighted by molar-refractivity contribution is 0.0697. The van der Waals surface area contributed by atoms with E-state index >= 15 is 0 Å². The maximum absolute atomic E-state index is 10.6. The summed E-state index contributed by atoms with van der Waals surface area (Å²) in [6, 6.07) is 2.83. The van der Waals surface area contributed by atoms with E-state index in [4.69, 9.17) is 5.11 Å². The van der Waals surface area contributed by atoms with Crippen molar-refractivity contribution in [2.75, 3.05) is 0 Å². The molecule has 13 heavy (non-hydrogen) atoms. The highest BCUT2D eigenvalue weighted by atomic mass is 79.9. The van der Waals surface area contributed by atoms with Crippen LogP contribution in [0.25, 0.3) is 0 Å². The van der Waals surface area contributed by atoms with E-state index in [-0.39, 0.29) is 5.56 Å². The maximum Gasteiger partial charge on any atom is 0.335 e. The van der Waals surface area contributed by atoms with Crippen molar-refractivity contribution in [2.24, 2.45) is 0 Å². The van der Waals surface area contributed by atoms with Gasteiger partial charge in [-0.05, 0) is 24.6 Å². The first kappa shape index (κ1) is 9.92. The van der Waals surface area contributed by atoms with Crippen LogP contribution in [-0.4, -0.2) is 17.4 Å². The molecule has 0 heterocycles. The average molecular weight is 243 g/mol. The average Bonchev–Trinajstić information content (AvgIpc) is 2.09. The lowest BCUT2D eigenvalue weighted by Gasteiger charge is -2.03. The number of benzene rings is 1. The van der Waals surface area contributed by atoms with Crippen LogP contribution < -0.4 is 0 Å². The number of halogens is 1. The molecule has 0 atom stereocenters. The minimum atomic E-state index is -1.04.